The van der Waals surface area contributed by atoms with Crippen molar-refractivity contribution >= 4 is 11.5 Å². The van der Waals surface area contributed by atoms with E-state index >= 15 is 0 Å². The first-order valence-electron chi connectivity index (χ1n) is 6.32. The van der Waals surface area contributed by atoms with Crippen LogP contribution >= 0.6 is 0 Å². The van der Waals surface area contributed by atoms with Gasteiger partial charge in [-0.05, 0) is 37.4 Å². The molecule has 5 heteroatoms. The molecule has 4 nitrogen and oxygen atoms in total. The van der Waals surface area contributed by atoms with Gasteiger partial charge in [0.15, 0.2) is 0 Å². The van der Waals surface area contributed by atoms with Crippen LogP contribution in [0.3, 0.4) is 0 Å². The van der Waals surface area contributed by atoms with Gasteiger partial charge in [-0.2, -0.15) is 0 Å². The SMILES string of the molecule is CNCc1cc(F)cnc1N(C)c1ccc(OC)cc1. The standard InChI is InChI=1S/C15H18FN3O/c1-17-9-11-8-12(16)10-18-15(11)19(2)13-4-6-14(20-3)7-5-13/h4-8,10,17H,9H2,1-3H3. The molecule has 0 radical (unpaired) electrons. The van der Waals surface area contributed by atoms with Crippen molar-refractivity contribution < 1.29 is 9.13 Å². The fourth-order valence-corrected chi connectivity index (χ4v) is 2.02. The Labute approximate surface area is 118 Å². The fourth-order valence-electron chi connectivity index (χ4n) is 2.02. The smallest absolute Gasteiger partial charge is 0.141 e. The second kappa shape index (κ2) is 6.34. The third-order valence-corrected chi connectivity index (χ3v) is 3.05. The van der Waals surface area contributed by atoms with E-state index in [0.29, 0.717) is 6.54 Å². The highest BCUT2D eigenvalue weighted by molar-refractivity contribution is 5.62. The highest BCUT2D eigenvalue weighted by Gasteiger charge is 2.11. The van der Waals surface area contributed by atoms with E-state index in [4.69, 9.17) is 4.74 Å². The lowest BCUT2D eigenvalue weighted by Gasteiger charge is -2.21. The molecule has 1 aromatic heterocycles. The number of rotatable bonds is 5. The van der Waals surface area contributed by atoms with E-state index in [1.807, 2.05) is 43.3 Å². The summed E-state index contributed by atoms with van der Waals surface area (Å²) in [5.74, 6) is 1.19. The number of nitrogens with zero attached hydrogens (tertiary/aromatic N) is 2. The van der Waals surface area contributed by atoms with Crippen LogP contribution in [0.4, 0.5) is 15.9 Å². The number of ether oxygens (including phenoxy) is 1. The zero-order valence-electron chi connectivity index (χ0n) is 11.9. The molecule has 0 aliphatic carbocycles. The largest absolute Gasteiger partial charge is 0.497 e. The maximum Gasteiger partial charge on any atom is 0.141 e. The quantitative estimate of drug-likeness (QED) is 0.910. The van der Waals surface area contributed by atoms with Gasteiger partial charge in [0.05, 0.1) is 13.3 Å². The van der Waals surface area contributed by atoms with Crippen molar-refractivity contribution in [3.8, 4) is 5.75 Å². The molecular weight excluding hydrogens is 257 g/mol. The van der Waals surface area contributed by atoms with E-state index in [-0.39, 0.29) is 5.82 Å². The van der Waals surface area contributed by atoms with Gasteiger partial charge in [0.2, 0.25) is 0 Å². The average molecular weight is 275 g/mol. The summed E-state index contributed by atoms with van der Waals surface area (Å²) in [6.45, 7) is 0.556. The van der Waals surface area contributed by atoms with Crippen LogP contribution in [0.1, 0.15) is 5.56 Å². The van der Waals surface area contributed by atoms with Crippen molar-refractivity contribution in [1.29, 1.82) is 0 Å². The van der Waals surface area contributed by atoms with Crippen LogP contribution in [-0.2, 0) is 6.54 Å². The number of pyridine rings is 1. The first-order valence-corrected chi connectivity index (χ1v) is 6.32. The van der Waals surface area contributed by atoms with Crippen LogP contribution in [0.15, 0.2) is 36.5 Å². The van der Waals surface area contributed by atoms with Gasteiger partial charge in [-0.25, -0.2) is 9.37 Å². The van der Waals surface area contributed by atoms with Crippen LogP contribution in [-0.4, -0.2) is 26.2 Å². The average Bonchev–Trinajstić information content (AvgIpc) is 2.47. The van der Waals surface area contributed by atoms with Crippen LogP contribution < -0.4 is 15.0 Å². The van der Waals surface area contributed by atoms with Crippen LogP contribution in [0.2, 0.25) is 0 Å². The van der Waals surface area contributed by atoms with Crippen molar-refractivity contribution in [3.63, 3.8) is 0 Å². The normalized spacial score (nSPS) is 10.4. The molecule has 0 amide bonds. The van der Waals surface area contributed by atoms with E-state index in [1.165, 1.54) is 12.3 Å². The van der Waals surface area contributed by atoms with Gasteiger partial charge in [0.1, 0.15) is 17.4 Å². The number of benzene rings is 1. The van der Waals surface area contributed by atoms with Gasteiger partial charge in [-0.3, -0.25) is 0 Å². The zero-order valence-corrected chi connectivity index (χ0v) is 11.9. The van der Waals surface area contributed by atoms with E-state index in [0.717, 1.165) is 22.8 Å². The first-order chi connectivity index (χ1) is 9.65. The Morgan fingerprint density at radius 3 is 2.60 bits per heavy atom. The Bertz CT molecular complexity index is 572. The number of nitrogens with one attached hydrogen (secondary N) is 1. The molecule has 0 atom stereocenters. The maximum absolute atomic E-state index is 13.3. The minimum absolute atomic E-state index is 0.331. The van der Waals surface area contributed by atoms with Gasteiger partial charge >= 0.3 is 0 Å². The van der Waals surface area contributed by atoms with Crippen molar-refractivity contribution in [3.05, 3.63) is 47.9 Å². The molecule has 20 heavy (non-hydrogen) atoms. The van der Waals surface area contributed by atoms with Gasteiger partial charge in [-0.1, -0.05) is 0 Å². The van der Waals surface area contributed by atoms with Gasteiger partial charge in [-0.15, -0.1) is 0 Å². The van der Waals surface area contributed by atoms with Gasteiger partial charge in [0.25, 0.3) is 0 Å². The number of hydrogen-bond acceptors (Lipinski definition) is 4. The predicted molar refractivity (Wildman–Crippen MR) is 78.0 cm³/mol. The van der Waals surface area contributed by atoms with Crippen molar-refractivity contribution in [1.82, 2.24) is 10.3 Å². The Morgan fingerprint density at radius 1 is 1.30 bits per heavy atom. The lowest BCUT2D eigenvalue weighted by Crippen LogP contribution is -2.16. The lowest BCUT2D eigenvalue weighted by molar-refractivity contribution is 0.415. The summed E-state index contributed by atoms with van der Waals surface area (Å²) < 4.78 is 18.4. The van der Waals surface area contributed by atoms with Crippen LogP contribution in [0.5, 0.6) is 5.75 Å². The van der Waals surface area contributed by atoms with Crippen LogP contribution in [0.25, 0.3) is 0 Å². The second-order valence-electron chi connectivity index (χ2n) is 4.42. The molecule has 106 valence electrons. The lowest BCUT2D eigenvalue weighted by atomic mass is 10.2. The van der Waals surface area contributed by atoms with E-state index < -0.39 is 0 Å². The maximum atomic E-state index is 13.3. The molecule has 0 saturated heterocycles. The Balaban J connectivity index is 2.33. The Morgan fingerprint density at radius 2 is 2.00 bits per heavy atom. The number of methoxy groups -OCH3 is 1. The number of hydrogen-bond donors (Lipinski definition) is 1. The molecule has 2 aromatic rings. The summed E-state index contributed by atoms with van der Waals surface area (Å²) in [6, 6.07) is 9.14. The number of halogens is 1. The minimum atomic E-state index is -0.331. The number of anilines is 2. The molecule has 1 N–H and O–H groups in total. The third-order valence-electron chi connectivity index (χ3n) is 3.05. The molecule has 0 bridgehead atoms. The fraction of sp³-hybridized carbons (Fsp3) is 0.267. The van der Waals surface area contributed by atoms with E-state index in [9.17, 15) is 4.39 Å². The molecule has 0 fully saturated rings. The van der Waals surface area contributed by atoms with Crippen molar-refractivity contribution in [2.24, 2.45) is 0 Å². The highest BCUT2D eigenvalue weighted by Crippen LogP contribution is 2.27. The topological polar surface area (TPSA) is 37.4 Å². The Kier molecular flexibility index (Phi) is 4.53. The van der Waals surface area contributed by atoms with Gasteiger partial charge < -0.3 is 15.0 Å². The van der Waals surface area contributed by atoms with Crippen LogP contribution in [0, 0.1) is 5.82 Å². The number of aromatic nitrogens is 1. The molecule has 2 rings (SSSR count). The molecular formula is C15H18FN3O. The molecule has 0 unspecified atom stereocenters. The third kappa shape index (κ3) is 3.05. The highest BCUT2D eigenvalue weighted by atomic mass is 19.1. The molecule has 1 aromatic carbocycles. The summed E-state index contributed by atoms with van der Waals surface area (Å²) in [4.78, 5) is 6.12. The predicted octanol–water partition coefficient (Wildman–Crippen LogP) is 2.72. The summed E-state index contributed by atoms with van der Waals surface area (Å²) in [7, 11) is 5.36. The summed E-state index contributed by atoms with van der Waals surface area (Å²) in [5, 5.41) is 3.02. The zero-order chi connectivity index (χ0) is 14.5. The van der Waals surface area contributed by atoms with E-state index in [1.54, 1.807) is 7.11 Å². The monoisotopic (exact) mass is 275 g/mol. The molecule has 0 saturated carbocycles. The molecule has 0 spiro atoms. The summed E-state index contributed by atoms with van der Waals surface area (Å²) in [6.07, 6.45) is 1.23. The van der Waals surface area contributed by atoms with E-state index in [2.05, 4.69) is 10.3 Å². The van der Waals surface area contributed by atoms with Crippen molar-refractivity contribution in [2.75, 3.05) is 26.1 Å². The minimum Gasteiger partial charge on any atom is -0.497 e. The molecule has 0 aliphatic rings. The van der Waals surface area contributed by atoms with Crippen molar-refractivity contribution in [2.45, 2.75) is 6.54 Å². The molecule has 0 aliphatic heterocycles. The molecule has 1 heterocycles. The summed E-state index contributed by atoms with van der Waals surface area (Å²) in [5.41, 5.74) is 1.77. The first kappa shape index (κ1) is 14.3. The van der Waals surface area contributed by atoms with Gasteiger partial charge in [0, 0.05) is 24.8 Å². The Hall–Kier alpha value is -2.14. The second-order valence-corrected chi connectivity index (χ2v) is 4.42. The summed E-state index contributed by atoms with van der Waals surface area (Å²) >= 11 is 0.